The molecule has 4 atom stereocenters. The number of β-lactam (4-membered cyclic amide) rings is 1. The first kappa shape index (κ1) is 13.1. The van der Waals surface area contributed by atoms with Gasteiger partial charge in [0, 0.05) is 6.42 Å². The molecular weight excluding hydrogens is 288 g/mol. The van der Waals surface area contributed by atoms with Crippen molar-refractivity contribution < 1.29 is 19.5 Å². The minimum absolute atomic E-state index is 0.179. The minimum atomic E-state index is -1.04. The molecule has 1 aliphatic carbocycles. The molecule has 0 aromatic carbocycles. The predicted octanol–water partition coefficient (Wildman–Crippen LogP) is -0.265. The molecule has 0 aromatic heterocycles. The molecule has 3 fully saturated rings. The second-order valence-corrected chi connectivity index (χ2v) is 7.75. The van der Waals surface area contributed by atoms with Crippen molar-refractivity contribution in [1.29, 1.82) is 0 Å². The van der Waals surface area contributed by atoms with E-state index in [0.717, 1.165) is 0 Å². The summed E-state index contributed by atoms with van der Waals surface area (Å²) in [6.07, 6.45) is 2.31. The Morgan fingerprint density at radius 2 is 2.32 bits per heavy atom. The summed E-state index contributed by atoms with van der Waals surface area (Å²) in [5, 5.41) is 11.8. The van der Waals surface area contributed by atoms with Gasteiger partial charge in [-0.15, -0.1) is 11.8 Å². The molecule has 8 heteroatoms. The number of hydrogen-bond acceptors (Lipinski definition) is 5. The number of carbonyl (C=O) groups is 3. The first-order chi connectivity index (χ1) is 8.87. The zero-order chi connectivity index (χ0) is 14.0. The summed E-state index contributed by atoms with van der Waals surface area (Å²) in [6, 6.07) is -0.564. The number of hydrogen-bond donors (Lipinski definition) is 2. The molecule has 3 aliphatic rings. The maximum Gasteiger partial charge on any atom is 0.331 e. The number of fused-ring (bicyclic) bond motifs is 3. The van der Waals surface area contributed by atoms with E-state index >= 15 is 0 Å². The van der Waals surface area contributed by atoms with Crippen molar-refractivity contribution in [2.24, 2.45) is 0 Å². The second kappa shape index (κ2) is 3.82. The van der Waals surface area contributed by atoms with Crippen LogP contribution in [0.2, 0.25) is 0 Å². The average Bonchev–Trinajstić information content (AvgIpc) is 2.86. The predicted molar refractivity (Wildman–Crippen MR) is 71.9 cm³/mol. The van der Waals surface area contributed by atoms with E-state index in [-0.39, 0.29) is 17.2 Å². The number of nitrogens with zero attached hydrogens (tertiary/aromatic N) is 1. The quantitative estimate of drug-likeness (QED) is 0.696. The third-order valence-corrected chi connectivity index (χ3v) is 6.40. The monoisotopic (exact) mass is 302 g/mol. The molecule has 2 aliphatic heterocycles. The highest BCUT2D eigenvalue weighted by Gasteiger charge is 2.85. The number of aliphatic carboxylic acids is 1. The molecule has 3 unspecified atom stereocenters. The van der Waals surface area contributed by atoms with Crippen LogP contribution < -0.4 is 5.32 Å². The Morgan fingerprint density at radius 1 is 1.63 bits per heavy atom. The fraction of sp³-hybridized carbons (Fsp3) is 0.727. The van der Waals surface area contributed by atoms with Crippen molar-refractivity contribution in [3.05, 3.63) is 0 Å². The topological polar surface area (TPSA) is 86.7 Å². The van der Waals surface area contributed by atoms with E-state index in [4.69, 9.17) is 0 Å². The Morgan fingerprint density at radius 3 is 2.89 bits per heavy atom. The van der Waals surface area contributed by atoms with E-state index in [0.29, 0.717) is 12.2 Å². The lowest BCUT2D eigenvalue weighted by molar-refractivity contribution is -0.163. The highest BCUT2D eigenvalue weighted by atomic mass is 32.2. The van der Waals surface area contributed by atoms with Crippen LogP contribution in [0.25, 0.3) is 0 Å². The molecule has 1 saturated carbocycles. The van der Waals surface area contributed by atoms with Crippen molar-refractivity contribution in [1.82, 2.24) is 10.2 Å². The molecular formula is C11H14N2O4S2. The van der Waals surface area contributed by atoms with Gasteiger partial charge in [0.05, 0.1) is 10.5 Å². The maximum absolute atomic E-state index is 12.1. The smallest absolute Gasteiger partial charge is 0.331 e. The maximum atomic E-state index is 12.1. The average molecular weight is 302 g/mol. The van der Waals surface area contributed by atoms with Crippen molar-refractivity contribution >= 4 is 41.3 Å². The molecule has 0 spiro atoms. The Bertz CT molecular complexity index is 499. The van der Waals surface area contributed by atoms with Gasteiger partial charge in [-0.25, -0.2) is 4.79 Å². The van der Waals surface area contributed by atoms with Crippen molar-refractivity contribution in [2.75, 3.05) is 12.0 Å². The lowest BCUT2D eigenvalue weighted by Gasteiger charge is -2.45. The van der Waals surface area contributed by atoms with Crippen LogP contribution in [-0.2, 0) is 14.4 Å². The van der Waals surface area contributed by atoms with Gasteiger partial charge in [0.25, 0.3) is 0 Å². The fourth-order valence-corrected chi connectivity index (χ4v) is 5.33. The zero-order valence-corrected chi connectivity index (χ0v) is 12.1. The van der Waals surface area contributed by atoms with E-state index in [9.17, 15) is 19.5 Å². The molecule has 3 rings (SSSR count). The SMILES string of the molecule is CSCC(=O)NC1C(=O)N2[C@@H]1SC1(C)CC21C(=O)O. The molecule has 19 heavy (non-hydrogen) atoms. The Labute approximate surface area is 118 Å². The van der Waals surface area contributed by atoms with Crippen LogP contribution in [0.5, 0.6) is 0 Å². The zero-order valence-electron chi connectivity index (χ0n) is 10.5. The number of carboxylic acids is 1. The summed E-state index contributed by atoms with van der Waals surface area (Å²) in [7, 11) is 0. The van der Waals surface area contributed by atoms with E-state index in [2.05, 4.69) is 5.32 Å². The van der Waals surface area contributed by atoms with Crippen LogP contribution in [0.1, 0.15) is 13.3 Å². The van der Waals surface area contributed by atoms with Crippen LogP contribution in [0.3, 0.4) is 0 Å². The summed E-state index contributed by atoms with van der Waals surface area (Å²) >= 11 is 2.88. The highest BCUT2D eigenvalue weighted by molar-refractivity contribution is 8.02. The Kier molecular flexibility index (Phi) is 2.63. The fourth-order valence-electron chi connectivity index (χ4n) is 3.06. The normalized spacial score (nSPS) is 42.2. The van der Waals surface area contributed by atoms with Crippen molar-refractivity contribution in [2.45, 2.75) is 35.0 Å². The van der Waals surface area contributed by atoms with Crippen molar-refractivity contribution in [3.63, 3.8) is 0 Å². The van der Waals surface area contributed by atoms with Crippen LogP contribution >= 0.6 is 23.5 Å². The van der Waals surface area contributed by atoms with Crippen LogP contribution in [0, 0.1) is 0 Å². The lowest BCUT2D eigenvalue weighted by Crippen LogP contribution is -2.72. The molecule has 2 heterocycles. The van der Waals surface area contributed by atoms with E-state index < -0.39 is 22.3 Å². The summed E-state index contributed by atoms with van der Waals surface area (Å²) in [6.45, 7) is 1.87. The second-order valence-electron chi connectivity index (χ2n) is 5.27. The number of rotatable bonds is 4. The lowest BCUT2D eigenvalue weighted by atomic mass is 10.0. The minimum Gasteiger partial charge on any atom is -0.479 e. The van der Waals surface area contributed by atoms with Gasteiger partial charge in [-0.1, -0.05) is 0 Å². The summed E-state index contributed by atoms with van der Waals surface area (Å²) in [5.41, 5.74) is -1.04. The van der Waals surface area contributed by atoms with Gasteiger partial charge < -0.3 is 15.3 Å². The van der Waals surface area contributed by atoms with Gasteiger partial charge in [-0.3, -0.25) is 9.59 Å². The molecule has 2 saturated heterocycles. The molecule has 2 N–H and O–H groups in total. The van der Waals surface area contributed by atoms with E-state index in [1.165, 1.54) is 28.4 Å². The number of thioether (sulfide) groups is 2. The molecule has 0 radical (unpaired) electrons. The Balaban J connectivity index is 1.75. The van der Waals surface area contributed by atoms with Crippen LogP contribution in [0.4, 0.5) is 0 Å². The largest absolute Gasteiger partial charge is 0.479 e. The molecule has 0 bridgehead atoms. The molecule has 104 valence electrons. The standard InChI is InChI=1S/C11H14N2O4S2/c1-10-4-11(10,9(16)17)13-7(15)6(8(13)19-10)12-5(14)3-18-2/h6,8H,3-4H2,1-2H3,(H,12,14)(H,16,17)/t6?,8-,10?,11?/m1/s1. The van der Waals surface area contributed by atoms with Gasteiger partial charge in [-0.05, 0) is 13.2 Å². The van der Waals surface area contributed by atoms with E-state index in [1.807, 2.05) is 13.2 Å². The number of carboxylic acid groups (broad SMARTS) is 1. The number of carbonyl (C=O) groups excluding carboxylic acids is 2. The summed E-state index contributed by atoms with van der Waals surface area (Å²) in [4.78, 5) is 36.5. The summed E-state index contributed by atoms with van der Waals surface area (Å²) in [5.74, 6) is -1.08. The van der Waals surface area contributed by atoms with Crippen LogP contribution in [-0.4, -0.2) is 61.5 Å². The highest BCUT2D eigenvalue weighted by Crippen LogP contribution is 2.71. The van der Waals surface area contributed by atoms with Gasteiger partial charge in [0.1, 0.15) is 11.4 Å². The van der Waals surface area contributed by atoms with Crippen LogP contribution in [0.15, 0.2) is 0 Å². The number of amides is 2. The number of nitrogens with one attached hydrogen (secondary N) is 1. The third kappa shape index (κ3) is 1.44. The van der Waals surface area contributed by atoms with Gasteiger partial charge in [0.15, 0.2) is 5.54 Å². The third-order valence-electron chi connectivity index (χ3n) is 4.12. The first-order valence-corrected chi connectivity index (χ1v) is 8.17. The van der Waals surface area contributed by atoms with Gasteiger partial charge in [-0.2, -0.15) is 11.8 Å². The first-order valence-electron chi connectivity index (χ1n) is 5.90. The van der Waals surface area contributed by atoms with Crippen molar-refractivity contribution in [3.8, 4) is 0 Å². The Hall–Kier alpha value is -0.890. The summed E-state index contributed by atoms with van der Waals surface area (Å²) < 4.78 is -0.405. The molecule has 0 aromatic rings. The van der Waals surface area contributed by atoms with Gasteiger partial charge in [0.2, 0.25) is 11.8 Å². The molecule has 2 amide bonds. The van der Waals surface area contributed by atoms with E-state index in [1.54, 1.807) is 0 Å². The molecule has 6 nitrogen and oxygen atoms in total. The van der Waals surface area contributed by atoms with Gasteiger partial charge >= 0.3 is 5.97 Å².